The zero-order chi connectivity index (χ0) is 7.40. The van der Waals surface area contributed by atoms with Gasteiger partial charge in [-0.1, -0.05) is 25.8 Å². The lowest BCUT2D eigenvalue weighted by molar-refractivity contribution is 0.329. The first-order valence-corrected chi connectivity index (χ1v) is 4.12. The van der Waals surface area contributed by atoms with Crippen molar-refractivity contribution in [2.24, 2.45) is 0 Å². The average molecular weight is 142 g/mol. The number of halogens is 1. The SMILES string of the molecule is C=C1CCCCCCC1F. The van der Waals surface area contributed by atoms with Crippen LogP contribution in [0.1, 0.15) is 38.5 Å². The van der Waals surface area contributed by atoms with E-state index in [1.54, 1.807) is 0 Å². The van der Waals surface area contributed by atoms with E-state index in [-0.39, 0.29) is 0 Å². The van der Waals surface area contributed by atoms with E-state index >= 15 is 0 Å². The molecular formula is C9H15F. The van der Waals surface area contributed by atoms with Gasteiger partial charge >= 0.3 is 0 Å². The van der Waals surface area contributed by atoms with Crippen LogP contribution in [-0.4, -0.2) is 6.17 Å². The molecule has 10 heavy (non-hydrogen) atoms. The Morgan fingerprint density at radius 1 is 1.20 bits per heavy atom. The minimum absolute atomic E-state index is 0.707. The molecule has 0 heterocycles. The Hall–Kier alpha value is -0.330. The summed E-state index contributed by atoms with van der Waals surface area (Å²) >= 11 is 0. The maximum atomic E-state index is 12.9. The maximum absolute atomic E-state index is 12.9. The first kappa shape index (κ1) is 7.77. The van der Waals surface area contributed by atoms with Crippen molar-refractivity contribution in [3.8, 4) is 0 Å². The average Bonchev–Trinajstić information content (AvgIpc) is 1.92. The molecule has 0 nitrogen and oxygen atoms in total. The number of alkyl halides is 1. The van der Waals surface area contributed by atoms with Gasteiger partial charge in [-0.2, -0.15) is 0 Å². The quantitative estimate of drug-likeness (QED) is 0.455. The van der Waals surface area contributed by atoms with Crippen molar-refractivity contribution in [2.75, 3.05) is 0 Å². The zero-order valence-electron chi connectivity index (χ0n) is 6.41. The molecule has 0 spiro atoms. The molecule has 0 N–H and O–H groups in total. The van der Waals surface area contributed by atoms with E-state index in [1.165, 1.54) is 12.8 Å². The summed E-state index contributed by atoms with van der Waals surface area (Å²) in [5, 5.41) is 0. The predicted octanol–water partition coefficient (Wildman–Crippen LogP) is 3.23. The van der Waals surface area contributed by atoms with Crippen LogP contribution in [0.4, 0.5) is 4.39 Å². The fraction of sp³-hybridized carbons (Fsp3) is 0.778. The summed E-state index contributed by atoms with van der Waals surface area (Å²) in [5.41, 5.74) is 0.819. The Kier molecular flexibility index (Phi) is 2.91. The summed E-state index contributed by atoms with van der Waals surface area (Å²) < 4.78 is 12.9. The van der Waals surface area contributed by atoms with Crippen molar-refractivity contribution in [3.05, 3.63) is 12.2 Å². The van der Waals surface area contributed by atoms with Crippen molar-refractivity contribution >= 4 is 0 Å². The Bertz CT molecular complexity index is 118. The summed E-state index contributed by atoms with van der Waals surface area (Å²) in [7, 11) is 0. The molecule has 1 rings (SSSR count). The summed E-state index contributed by atoms with van der Waals surface area (Å²) in [6.07, 6.45) is 5.54. The molecule has 0 aliphatic heterocycles. The third kappa shape index (κ3) is 2.13. The first-order valence-electron chi connectivity index (χ1n) is 4.12. The Morgan fingerprint density at radius 3 is 2.70 bits per heavy atom. The van der Waals surface area contributed by atoms with Gasteiger partial charge in [0, 0.05) is 0 Å². The fourth-order valence-electron chi connectivity index (χ4n) is 1.39. The molecule has 1 aliphatic carbocycles. The van der Waals surface area contributed by atoms with Crippen molar-refractivity contribution in [1.82, 2.24) is 0 Å². The van der Waals surface area contributed by atoms with Gasteiger partial charge < -0.3 is 0 Å². The fourth-order valence-corrected chi connectivity index (χ4v) is 1.39. The summed E-state index contributed by atoms with van der Waals surface area (Å²) in [4.78, 5) is 0. The van der Waals surface area contributed by atoms with Crippen LogP contribution < -0.4 is 0 Å². The van der Waals surface area contributed by atoms with Gasteiger partial charge in [0.1, 0.15) is 6.17 Å². The molecule has 1 heteroatoms. The molecule has 0 bridgehead atoms. The highest BCUT2D eigenvalue weighted by atomic mass is 19.1. The molecule has 1 unspecified atom stereocenters. The lowest BCUT2D eigenvalue weighted by Crippen LogP contribution is -2.05. The van der Waals surface area contributed by atoms with Crippen molar-refractivity contribution in [1.29, 1.82) is 0 Å². The van der Waals surface area contributed by atoms with Crippen LogP contribution in [0.2, 0.25) is 0 Å². The summed E-state index contributed by atoms with van der Waals surface area (Å²) in [6.45, 7) is 3.72. The molecule has 0 radical (unpaired) electrons. The van der Waals surface area contributed by atoms with Gasteiger partial charge in [-0.3, -0.25) is 0 Å². The lowest BCUT2D eigenvalue weighted by atomic mass is 9.96. The first-order chi connectivity index (χ1) is 4.80. The van der Waals surface area contributed by atoms with Crippen LogP contribution in [0.5, 0.6) is 0 Å². The second-order valence-corrected chi connectivity index (χ2v) is 3.08. The van der Waals surface area contributed by atoms with Crippen molar-refractivity contribution in [2.45, 2.75) is 44.7 Å². The molecule has 58 valence electrons. The van der Waals surface area contributed by atoms with Crippen LogP contribution in [0, 0.1) is 0 Å². The van der Waals surface area contributed by atoms with Crippen molar-refractivity contribution in [3.63, 3.8) is 0 Å². The minimum atomic E-state index is -0.708. The Morgan fingerprint density at radius 2 is 1.90 bits per heavy atom. The molecule has 0 aromatic carbocycles. The maximum Gasteiger partial charge on any atom is 0.121 e. The van der Waals surface area contributed by atoms with E-state index in [0.717, 1.165) is 24.8 Å². The van der Waals surface area contributed by atoms with Gasteiger partial charge in [-0.25, -0.2) is 4.39 Å². The molecular weight excluding hydrogens is 127 g/mol. The van der Waals surface area contributed by atoms with Crippen LogP contribution in [0.3, 0.4) is 0 Å². The molecule has 0 aromatic rings. The molecule has 1 saturated carbocycles. The predicted molar refractivity (Wildman–Crippen MR) is 41.7 cm³/mol. The minimum Gasteiger partial charge on any atom is -0.243 e. The molecule has 0 saturated heterocycles. The standard InChI is InChI=1S/C9H15F/c1-8-6-4-2-3-5-7-9(8)10/h9H,1-7H2. The molecule has 1 aliphatic rings. The highest BCUT2D eigenvalue weighted by Crippen LogP contribution is 2.22. The topological polar surface area (TPSA) is 0 Å². The van der Waals surface area contributed by atoms with Gasteiger partial charge in [-0.05, 0) is 24.8 Å². The summed E-state index contributed by atoms with van der Waals surface area (Å²) in [5.74, 6) is 0. The highest BCUT2D eigenvalue weighted by Gasteiger charge is 2.12. The third-order valence-electron chi connectivity index (χ3n) is 2.15. The van der Waals surface area contributed by atoms with E-state index in [2.05, 4.69) is 6.58 Å². The van der Waals surface area contributed by atoms with Crippen LogP contribution in [-0.2, 0) is 0 Å². The van der Waals surface area contributed by atoms with Gasteiger partial charge in [0.2, 0.25) is 0 Å². The Labute approximate surface area is 62.1 Å². The lowest BCUT2D eigenvalue weighted by Gasteiger charge is -2.14. The number of rotatable bonds is 0. The molecule has 0 amide bonds. The summed E-state index contributed by atoms with van der Waals surface area (Å²) in [6, 6.07) is 0. The third-order valence-corrected chi connectivity index (χ3v) is 2.15. The normalized spacial score (nSPS) is 29.3. The van der Waals surface area contributed by atoms with E-state index < -0.39 is 6.17 Å². The monoisotopic (exact) mass is 142 g/mol. The van der Waals surface area contributed by atoms with E-state index in [9.17, 15) is 4.39 Å². The second kappa shape index (κ2) is 3.75. The van der Waals surface area contributed by atoms with Crippen LogP contribution in [0.25, 0.3) is 0 Å². The number of hydrogen-bond acceptors (Lipinski definition) is 0. The second-order valence-electron chi connectivity index (χ2n) is 3.08. The number of hydrogen-bond donors (Lipinski definition) is 0. The molecule has 1 atom stereocenters. The van der Waals surface area contributed by atoms with Crippen molar-refractivity contribution < 1.29 is 4.39 Å². The van der Waals surface area contributed by atoms with Gasteiger partial charge in [0.05, 0.1) is 0 Å². The van der Waals surface area contributed by atoms with Gasteiger partial charge in [-0.15, -0.1) is 0 Å². The van der Waals surface area contributed by atoms with Gasteiger partial charge in [0.15, 0.2) is 0 Å². The van der Waals surface area contributed by atoms with E-state index in [0.29, 0.717) is 6.42 Å². The smallest absolute Gasteiger partial charge is 0.121 e. The van der Waals surface area contributed by atoms with Crippen LogP contribution in [0.15, 0.2) is 12.2 Å². The number of allylic oxidation sites excluding steroid dienone is 1. The largest absolute Gasteiger partial charge is 0.243 e. The van der Waals surface area contributed by atoms with Crippen LogP contribution >= 0.6 is 0 Å². The Balaban J connectivity index is 2.35. The van der Waals surface area contributed by atoms with E-state index in [1.807, 2.05) is 0 Å². The van der Waals surface area contributed by atoms with Gasteiger partial charge in [0.25, 0.3) is 0 Å². The molecule has 0 aromatic heterocycles. The highest BCUT2D eigenvalue weighted by molar-refractivity contribution is 5.02. The molecule has 1 fully saturated rings. The van der Waals surface area contributed by atoms with E-state index in [4.69, 9.17) is 0 Å². The zero-order valence-corrected chi connectivity index (χ0v) is 6.41.